The second-order valence-electron chi connectivity index (χ2n) is 4.22. The number of halogens is 1. The summed E-state index contributed by atoms with van der Waals surface area (Å²) in [6, 6.07) is 6.37. The Morgan fingerprint density at radius 1 is 1.32 bits per heavy atom. The molecule has 1 aromatic heterocycles. The van der Waals surface area contributed by atoms with E-state index < -0.39 is 5.56 Å². The molecule has 0 saturated heterocycles. The first-order valence-corrected chi connectivity index (χ1v) is 6.66. The highest BCUT2D eigenvalue weighted by atomic mass is 79.9. The molecule has 0 atom stereocenters. The molecule has 0 aliphatic rings. The molecule has 7 nitrogen and oxygen atoms in total. The molecule has 0 saturated carbocycles. The van der Waals surface area contributed by atoms with Gasteiger partial charge in [0.2, 0.25) is 0 Å². The average molecular weight is 361 g/mol. The Balaban J connectivity index is 2.96. The fraction of sp³-hybridized carbons (Fsp3) is 0.0714. The molecule has 0 bridgehead atoms. The molecule has 8 heteroatoms. The largest absolute Gasteiger partial charge is 0.504 e. The summed E-state index contributed by atoms with van der Waals surface area (Å²) in [7, 11) is 1.38. The minimum absolute atomic E-state index is 0.0519. The Morgan fingerprint density at radius 2 is 1.95 bits per heavy atom. The molecule has 1 aromatic carbocycles. The van der Waals surface area contributed by atoms with Crippen LogP contribution in [0.1, 0.15) is 11.1 Å². The summed E-state index contributed by atoms with van der Waals surface area (Å²) in [5.74, 6) is -0.151. The van der Waals surface area contributed by atoms with Crippen molar-refractivity contribution in [1.82, 2.24) is 4.98 Å². The van der Waals surface area contributed by atoms with Crippen molar-refractivity contribution in [3.63, 3.8) is 0 Å². The van der Waals surface area contributed by atoms with E-state index in [2.05, 4.69) is 20.9 Å². The molecule has 110 valence electrons. The van der Waals surface area contributed by atoms with Crippen LogP contribution in [0.5, 0.6) is 11.5 Å². The van der Waals surface area contributed by atoms with Gasteiger partial charge >= 0.3 is 0 Å². The number of nitriles is 2. The lowest BCUT2D eigenvalue weighted by Crippen LogP contribution is -2.16. The number of phenolic OH excluding ortho intramolecular Hbond substituents is 1. The Morgan fingerprint density at radius 3 is 2.50 bits per heavy atom. The summed E-state index contributed by atoms with van der Waals surface area (Å²) in [5.41, 5.74) is 4.95. The summed E-state index contributed by atoms with van der Waals surface area (Å²) < 4.78 is 5.41. The van der Waals surface area contributed by atoms with Gasteiger partial charge in [-0.1, -0.05) is 15.9 Å². The van der Waals surface area contributed by atoms with Crippen LogP contribution in [0.25, 0.3) is 11.1 Å². The van der Waals surface area contributed by atoms with E-state index in [9.17, 15) is 20.4 Å². The third-order valence-corrected chi connectivity index (χ3v) is 3.66. The monoisotopic (exact) mass is 360 g/mol. The van der Waals surface area contributed by atoms with Gasteiger partial charge in [-0.05, 0) is 12.1 Å². The number of methoxy groups -OCH3 is 1. The molecule has 0 fully saturated rings. The van der Waals surface area contributed by atoms with Crippen LogP contribution in [0.3, 0.4) is 0 Å². The van der Waals surface area contributed by atoms with Crippen LogP contribution in [0.15, 0.2) is 21.4 Å². The predicted octanol–water partition coefficient (Wildman–Crippen LogP) is 1.84. The predicted molar refractivity (Wildman–Crippen MR) is 82.3 cm³/mol. The fourth-order valence-corrected chi connectivity index (χ4v) is 2.53. The molecule has 22 heavy (non-hydrogen) atoms. The van der Waals surface area contributed by atoms with E-state index in [-0.39, 0.29) is 39.6 Å². The zero-order chi connectivity index (χ0) is 16.4. The first-order valence-electron chi connectivity index (χ1n) is 5.87. The van der Waals surface area contributed by atoms with E-state index in [0.717, 1.165) is 0 Å². The standard InChI is InChI=1S/C14H9BrN4O3/c1-22-11-3-9(15)6(2-10(11)20)12-7(4-16)13(18)19-14(21)8(12)5-17/h2-3,20H,1H3,(H3,18,19,21). The normalized spacial score (nSPS) is 9.82. The van der Waals surface area contributed by atoms with Crippen LogP contribution in [-0.4, -0.2) is 17.2 Å². The smallest absolute Gasteiger partial charge is 0.268 e. The Hall–Kier alpha value is -2.97. The summed E-state index contributed by atoms with van der Waals surface area (Å²) in [5, 5.41) is 28.4. The van der Waals surface area contributed by atoms with Gasteiger partial charge in [-0.25, -0.2) is 0 Å². The number of benzene rings is 1. The van der Waals surface area contributed by atoms with Crippen molar-refractivity contribution in [3.05, 3.63) is 38.1 Å². The summed E-state index contributed by atoms with van der Waals surface area (Å²) in [6.45, 7) is 0. The molecular formula is C14H9BrN4O3. The van der Waals surface area contributed by atoms with Gasteiger partial charge in [0.1, 0.15) is 29.1 Å². The summed E-state index contributed by atoms with van der Waals surface area (Å²) in [6.07, 6.45) is 0. The maximum absolute atomic E-state index is 11.9. The van der Waals surface area contributed by atoms with Crippen molar-refractivity contribution in [2.45, 2.75) is 0 Å². The summed E-state index contributed by atoms with van der Waals surface area (Å²) >= 11 is 3.27. The van der Waals surface area contributed by atoms with Gasteiger partial charge in [-0.15, -0.1) is 0 Å². The van der Waals surface area contributed by atoms with Crippen LogP contribution >= 0.6 is 15.9 Å². The lowest BCUT2D eigenvalue weighted by atomic mass is 9.96. The SMILES string of the molecule is COc1cc(Br)c(-c2c(C#N)c(N)[nH]c(=O)c2C#N)cc1O. The lowest BCUT2D eigenvalue weighted by molar-refractivity contribution is 0.373. The fourth-order valence-electron chi connectivity index (χ4n) is 2.01. The second-order valence-corrected chi connectivity index (χ2v) is 5.07. The average Bonchev–Trinajstić information content (AvgIpc) is 2.48. The molecule has 0 aliphatic heterocycles. The van der Waals surface area contributed by atoms with Crippen LogP contribution in [0.4, 0.5) is 5.82 Å². The molecule has 4 N–H and O–H groups in total. The van der Waals surface area contributed by atoms with Gasteiger partial charge in [0, 0.05) is 15.6 Å². The number of ether oxygens (including phenoxy) is 1. The van der Waals surface area contributed by atoms with Gasteiger partial charge in [0.25, 0.3) is 5.56 Å². The van der Waals surface area contributed by atoms with Crippen molar-refractivity contribution in [1.29, 1.82) is 10.5 Å². The van der Waals surface area contributed by atoms with Crippen LogP contribution < -0.4 is 16.0 Å². The van der Waals surface area contributed by atoms with E-state index in [0.29, 0.717) is 4.47 Å². The van der Waals surface area contributed by atoms with Gasteiger partial charge in [0.05, 0.1) is 7.11 Å². The zero-order valence-corrected chi connectivity index (χ0v) is 12.9. The molecule has 0 amide bonds. The number of nitrogens with one attached hydrogen (secondary N) is 1. The summed E-state index contributed by atoms with van der Waals surface area (Å²) in [4.78, 5) is 14.1. The maximum atomic E-state index is 11.9. The number of hydrogen-bond donors (Lipinski definition) is 3. The molecular weight excluding hydrogens is 352 g/mol. The number of nitrogens with zero attached hydrogens (tertiary/aromatic N) is 2. The molecule has 0 unspecified atom stereocenters. The third-order valence-electron chi connectivity index (χ3n) is 3.01. The van der Waals surface area contributed by atoms with Gasteiger partial charge in [0.15, 0.2) is 11.5 Å². The molecule has 2 aromatic rings. The van der Waals surface area contributed by atoms with Crippen molar-refractivity contribution in [3.8, 4) is 34.8 Å². The van der Waals surface area contributed by atoms with Crippen LogP contribution in [-0.2, 0) is 0 Å². The minimum Gasteiger partial charge on any atom is -0.504 e. The highest BCUT2D eigenvalue weighted by molar-refractivity contribution is 9.10. The number of nitrogen functional groups attached to an aromatic ring is 1. The van der Waals surface area contributed by atoms with Gasteiger partial charge < -0.3 is 20.6 Å². The van der Waals surface area contributed by atoms with Gasteiger partial charge in [-0.3, -0.25) is 4.79 Å². The van der Waals surface area contributed by atoms with E-state index in [1.807, 2.05) is 6.07 Å². The maximum Gasteiger partial charge on any atom is 0.268 e. The third kappa shape index (κ3) is 2.36. The number of anilines is 1. The Kier molecular flexibility index (Phi) is 4.06. The zero-order valence-electron chi connectivity index (χ0n) is 11.3. The number of hydrogen-bond acceptors (Lipinski definition) is 6. The second kappa shape index (κ2) is 5.80. The first-order chi connectivity index (χ1) is 10.4. The minimum atomic E-state index is -0.712. The van der Waals surface area contributed by atoms with Crippen LogP contribution in [0, 0.1) is 22.7 Å². The number of aromatic amines is 1. The van der Waals surface area contributed by atoms with Gasteiger partial charge in [-0.2, -0.15) is 10.5 Å². The molecule has 0 aliphatic carbocycles. The van der Waals surface area contributed by atoms with E-state index in [1.165, 1.54) is 19.2 Å². The number of aromatic nitrogens is 1. The van der Waals surface area contributed by atoms with E-state index in [4.69, 9.17) is 10.5 Å². The first kappa shape index (κ1) is 15.4. The van der Waals surface area contributed by atoms with Crippen LogP contribution in [0.2, 0.25) is 0 Å². The topological polar surface area (TPSA) is 136 Å². The van der Waals surface area contributed by atoms with Crippen molar-refractivity contribution in [2.75, 3.05) is 12.8 Å². The molecule has 1 heterocycles. The van der Waals surface area contributed by atoms with E-state index in [1.54, 1.807) is 6.07 Å². The quantitative estimate of drug-likeness (QED) is 0.747. The number of aromatic hydroxyl groups is 1. The van der Waals surface area contributed by atoms with E-state index >= 15 is 0 Å². The van der Waals surface area contributed by atoms with Crippen molar-refractivity contribution in [2.24, 2.45) is 0 Å². The van der Waals surface area contributed by atoms with Crippen molar-refractivity contribution >= 4 is 21.7 Å². The molecule has 2 rings (SSSR count). The molecule has 0 spiro atoms. The number of phenols is 1. The number of pyridine rings is 1. The number of H-pyrrole nitrogens is 1. The highest BCUT2D eigenvalue weighted by Gasteiger charge is 2.21. The van der Waals surface area contributed by atoms with Crippen molar-refractivity contribution < 1.29 is 9.84 Å². The number of nitrogens with two attached hydrogens (primary N) is 1. The number of rotatable bonds is 2. The molecule has 0 radical (unpaired) electrons. The Labute approximate surface area is 133 Å². The highest BCUT2D eigenvalue weighted by Crippen LogP contribution is 2.40. The lowest BCUT2D eigenvalue weighted by Gasteiger charge is -2.12. The Bertz CT molecular complexity index is 906.